The molecule has 2 fully saturated rings. The monoisotopic (exact) mass is 213 g/mol. The molecule has 0 aromatic heterocycles. The molecule has 4 nitrogen and oxygen atoms in total. The second-order valence-corrected chi connectivity index (χ2v) is 4.64. The van der Waals surface area contributed by atoms with Gasteiger partial charge in [0.1, 0.15) is 0 Å². The molecule has 1 saturated carbocycles. The molecule has 4 heteroatoms. The van der Waals surface area contributed by atoms with Crippen molar-refractivity contribution in [1.82, 2.24) is 4.90 Å². The first-order chi connectivity index (χ1) is 7.18. The highest BCUT2D eigenvalue weighted by atomic mass is 16.5. The Bertz CT molecular complexity index is 244. The van der Waals surface area contributed by atoms with Gasteiger partial charge in [0.15, 0.2) is 0 Å². The number of aliphatic carboxylic acids is 1. The maximum atomic E-state index is 10.8. The van der Waals surface area contributed by atoms with Gasteiger partial charge in [0.25, 0.3) is 0 Å². The molecule has 0 radical (unpaired) electrons. The van der Waals surface area contributed by atoms with Gasteiger partial charge in [-0.2, -0.15) is 0 Å². The summed E-state index contributed by atoms with van der Waals surface area (Å²) in [4.78, 5) is 13.1. The number of hydrogen-bond donors (Lipinski definition) is 1. The number of nitrogens with zero attached hydrogens (tertiary/aromatic N) is 1. The summed E-state index contributed by atoms with van der Waals surface area (Å²) in [5.41, 5.74) is 0. The van der Waals surface area contributed by atoms with Crippen LogP contribution in [0.4, 0.5) is 0 Å². The van der Waals surface area contributed by atoms with E-state index in [1.54, 1.807) is 6.92 Å². The van der Waals surface area contributed by atoms with Gasteiger partial charge >= 0.3 is 5.97 Å². The minimum absolute atomic E-state index is 0.274. The van der Waals surface area contributed by atoms with E-state index in [0.29, 0.717) is 18.7 Å². The molecule has 1 heterocycles. The number of hydrogen-bond acceptors (Lipinski definition) is 3. The van der Waals surface area contributed by atoms with Crippen molar-refractivity contribution in [3.8, 4) is 0 Å². The van der Waals surface area contributed by atoms with Crippen molar-refractivity contribution in [3.05, 3.63) is 0 Å². The molecule has 0 aromatic carbocycles. The van der Waals surface area contributed by atoms with E-state index in [2.05, 4.69) is 4.90 Å². The van der Waals surface area contributed by atoms with E-state index in [4.69, 9.17) is 9.84 Å². The summed E-state index contributed by atoms with van der Waals surface area (Å²) in [6.45, 7) is 4.09. The normalized spacial score (nSPS) is 33.7. The van der Waals surface area contributed by atoms with E-state index in [9.17, 15) is 4.79 Å². The van der Waals surface area contributed by atoms with Crippen LogP contribution < -0.4 is 0 Å². The first kappa shape index (κ1) is 10.9. The van der Waals surface area contributed by atoms with Gasteiger partial charge in [0, 0.05) is 19.1 Å². The van der Waals surface area contributed by atoms with Crippen LogP contribution in [0.15, 0.2) is 0 Å². The predicted molar refractivity (Wildman–Crippen MR) is 55.8 cm³/mol. The Hall–Kier alpha value is -0.610. The van der Waals surface area contributed by atoms with Crippen LogP contribution in [0.2, 0.25) is 0 Å². The smallest absolute Gasteiger partial charge is 0.307 e. The van der Waals surface area contributed by atoms with Gasteiger partial charge in [-0.15, -0.1) is 0 Å². The fourth-order valence-electron chi connectivity index (χ4n) is 2.66. The van der Waals surface area contributed by atoms with Crippen LogP contribution in [-0.2, 0) is 9.53 Å². The molecule has 3 unspecified atom stereocenters. The zero-order valence-electron chi connectivity index (χ0n) is 9.19. The highest BCUT2D eigenvalue weighted by Gasteiger charge is 2.36. The number of fused-ring (bicyclic) bond motifs is 1. The summed E-state index contributed by atoms with van der Waals surface area (Å²) in [5.74, 6) is -0.972. The van der Waals surface area contributed by atoms with E-state index in [0.717, 1.165) is 26.0 Å². The van der Waals surface area contributed by atoms with Crippen LogP contribution >= 0.6 is 0 Å². The summed E-state index contributed by atoms with van der Waals surface area (Å²) in [7, 11) is 0. The molecule has 15 heavy (non-hydrogen) atoms. The Balaban J connectivity index is 1.93. The molecule has 3 atom stereocenters. The quantitative estimate of drug-likeness (QED) is 0.758. The average molecular weight is 213 g/mol. The van der Waals surface area contributed by atoms with Crippen molar-refractivity contribution in [1.29, 1.82) is 0 Å². The molecule has 0 spiro atoms. The van der Waals surface area contributed by atoms with Gasteiger partial charge in [-0.05, 0) is 19.3 Å². The first-order valence-electron chi connectivity index (χ1n) is 5.77. The number of rotatable bonds is 3. The van der Waals surface area contributed by atoms with Crippen LogP contribution in [-0.4, -0.2) is 47.8 Å². The van der Waals surface area contributed by atoms with Crippen LogP contribution in [0.1, 0.15) is 26.2 Å². The molecule has 2 aliphatic rings. The van der Waals surface area contributed by atoms with Crippen LogP contribution in [0.3, 0.4) is 0 Å². The lowest BCUT2D eigenvalue weighted by Gasteiger charge is -2.38. The average Bonchev–Trinajstić information content (AvgIpc) is 2.66. The Kier molecular flexibility index (Phi) is 3.26. The number of morpholine rings is 1. The van der Waals surface area contributed by atoms with Crippen LogP contribution in [0.25, 0.3) is 0 Å². The van der Waals surface area contributed by atoms with Gasteiger partial charge in [-0.3, -0.25) is 9.69 Å². The summed E-state index contributed by atoms with van der Waals surface area (Å²) in [5, 5.41) is 8.90. The van der Waals surface area contributed by atoms with E-state index in [-0.39, 0.29) is 5.92 Å². The number of ether oxygens (including phenoxy) is 1. The van der Waals surface area contributed by atoms with Gasteiger partial charge in [0.2, 0.25) is 0 Å². The Morgan fingerprint density at radius 3 is 3.13 bits per heavy atom. The Morgan fingerprint density at radius 2 is 2.40 bits per heavy atom. The topological polar surface area (TPSA) is 49.8 Å². The molecule has 86 valence electrons. The molecular weight excluding hydrogens is 194 g/mol. The van der Waals surface area contributed by atoms with Gasteiger partial charge in [0.05, 0.1) is 18.6 Å². The lowest BCUT2D eigenvalue weighted by atomic mass is 10.1. The van der Waals surface area contributed by atoms with E-state index < -0.39 is 5.97 Å². The zero-order chi connectivity index (χ0) is 10.8. The minimum Gasteiger partial charge on any atom is -0.481 e. The molecule has 0 amide bonds. The van der Waals surface area contributed by atoms with Crippen molar-refractivity contribution in [2.75, 3.05) is 19.7 Å². The van der Waals surface area contributed by atoms with Crippen LogP contribution in [0.5, 0.6) is 0 Å². The molecule has 1 aliphatic heterocycles. The van der Waals surface area contributed by atoms with Crippen molar-refractivity contribution < 1.29 is 14.6 Å². The van der Waals surface area contributed by atoms with Gasteiger partial charge in [-0.25, -0.2) is 0 Å². The van der Waals surface area contributed by atoms with Gasteiger partial charge in [-0.1, -0.05) is 6.92 Å². The second-order valence-electron chi connectivity index (χ2n) is 4.64. The number of carboxylic acids is 1. The maximum Gasteiger partial charge on any atom is 0.307 e. The fourth-order valence-corrected chi connectivity index (χ4v) is 2.66. The van der Waals surface area contributed by atoms with E-state index in [1.165, 1.54) is 6.42 Å². The molecule has 1 aliphatic carbocycles. The third-order valence-corrected chi connectivity index (χ3v) is 3.53. The Morgan fingerprint density at radius 1 is 1.60 bits per heavy atom. The molecule has 1 N–H and O–H groups in total. The molecule has 0 bridgehead atoms. The lowest BCUT2D eigenvalue weighted by Crippen LogP contribution is -2.50. The van der Waals surface area contributed by atoms with E-state index >= 15 is 0 Å². The fraction of sp³-hybridized carbons (Fsp3) is 0.909. The van der Waals surface area contributed by atoms with Gasteiger partial charge < -0.3 is 9.84 Å². The third kappa shape index (κ3) is 2.32. The number of carboxylic acid groups (broad SMARTS) is 1. The zero-order valence-corrected chi connectivity index (χ0v) is 9.19. The minimum atomic E-state index is -0.698. The molecule has 1 saturated heterocycles. The summed E-state index contributed by atoms with van der Waals surface area (Å²) in [6.07, 6.45) is 3.88. The lowest BCUT2D eigenvalue weighted by molar-refractivity contribution is -0.143. The van der Waals surface area contributed by atoms with Crippen molar-refractivity contribution in [2.24, 2.45) is 5.92 Å². The standard InChI is InChI=1S/C11H19NO3/c1-8(11(13)14)7-12-5-6-15-10-4-2-3-9(10)12/h8-10H,2-7H2,1H3,(H,13,14). The SMILES string of the molecule is CC(CN1CCOC2CCCC21)C(=O)O. The van der Waals surface area contributed by atoms with Crippen LogP contribution in [0, 0.1) is 5.92 Å². The van der Waals surface area contributed by atoms with Crippen molar-refractivity contribution in [3.63, 3.8) is 0 Å². The predicted octanol–water partition coefficient (Wildman–Crippen LogP) is 0.960. The summed E-state index contributed by atoms with van der Waals surface area (Å²) in [6, 6.07) is 0.473. The Labute approximate surface area is 90.2 Å². The highest BCUT2D eigenvalue weighted by Crippen LogP contribution is 2.29. The highest BCUT2D eigenvalue weighted by molar-refractivity contribution is 5.69. The molecular formula is C11H19NO3. The van der Waals surface area contributed by atoms with E-state index in [1.807, 2.05) is 0 Å². The summed E-state index contributed by atoms with van der Waals surface area (Å²) >= 11 is 0. The van der Waals surface area contributed by atoms with Crippen molar-refractivity contribution in [2.45, 2.75) is 38.3 Å². The first-order valence-corrected chi connectivity index (χ1v) is 5.77. The maximum absolute atomic E-state index is 10.8. The second kappa shape index (κ2) is 4.49. The van der Waals surface area contributed by atoms with Crippen molar-refractivity contribution >= 4 is 5.97 Å². The largest absolute Gasteiger partial charge is 0.481 e. The number of carbonyl (C=O) groups is 1. The third-order valence-electron chi connectivity index (χ3n) is 3.53. The molecule has 0 aromatic rings. The summed E-state index contributed by atoms with van der Waals surface area (Å²) < 4.78 is 5.69. The molecule has 2 rings (SSSR count).